The Hall–Kier alpha value is -3.35. The van der Waals surface area contributed by atoms with Crippen molar-refractivity contribution >= 4 is 23.8 Å². The average Bonchev–Trinajstić information content (AvgIpc) is 3.38. The van der Waals surface area contributed by atoms with Crippen LogP contribution < -0.4 is 10.6 Å². The first-order valence-corrected chi connectivity index (χ1v) is 11.8. The van der Waals surface area contributed by atoms with Gasteiger partial charge in [-0.25, -0.2) is 0 Å². The van der Waals surface area contributed by atoms with Crippen molar-refractivity contribution in [2.45, 2.75) is 51.0 Å². The van der Waals surface area contributed by atoms with Crippen LogP contribution in [0.2, 0.25) is 0 Å². The fourth-order valence-electron chi connectivity index (χ4n) is 4.53. The van der Waals surface area contributed by atoms with Gasteiger partial charge in [0.05, 0.1) is 6.26 Å². The van der Waals surface area contributed by atoms with Crippen LogP contribution in [0.4, 0.5) is 0 Å². The second-order valence-electron chi connectivity index (χ2n) is 8.80. The highest BCUT2D eigenvalue weighted by atomic mass is 16.3. The number of nitrogens with one attached hydrogen (secondary N) is 2. The molecular formula is C26H31N3O4. The Morgan fingerprint density at radius 3 is 2.30 bits per heavy atom. The minimum Gasteiger partial charge on any atom is -0.465 e. The second kappa shape index (κ2) is 11.0. The quantitative estimate of drug-likeness (QED) is 0.658. The molecule has 7 heteroatoms. The predicted octanol–water partition coefficient (Wildman–Crippen LogP) is 3.74. The molecule has 0 radical (unpaired) electrons. The van der Waals surface area contributed by atoms with Crippen LogP contribution in [-0.4, -0.2) is 41.8 Å². The Balaban J connectivity index is 1.37. The van der Waals surface area contributed by atoms with E-state index in [2.05, 4.69) is 10.6 Å². The van der Waals surface area contributed by atoms with E-state index in [9.17, 15) is 14.4 Å². The molecule has 4 rings (SSSR count). The molecule has 1 saturated heterocycles. The van der Waals surface area contributed by atoms with Crippen LogP contribution in [-0.2, 0) is 9.59 Å². The van der Waals surface area contributed by atoms with Gasteiger partial charge in [-0.1, -0.05) is 37.5 Å². The van der Waals surface area contributed by atoms with Crippen LogP contribution in [0, 0.1) is 5.92 Å². The Kier molecular flexibility index (Phi) is 7.60. The molecule has 2 N–H and O–H groups in total. The number of likely N-dealkylation sites (tertiary alicyclic amines) is 1. The molecule has 1 aromatic heterocycles. The van der Waals surface area contributed by atoms with Crippen molar-refractivity contribution in [2.24, 2.45) is 5.92 Å². The van der Waals surface area contributed by atoms with E-state index in [1.165, 1.54) is 12.7 Å². The molecule has 1 saturated carbocycles. The van der Waals surface area contributed by atoms with Crippen LogP contribution in [0.15, 0.2) is 58.8 Å². The summed E-state index contributed by atoms with van der Waals surface area (Å²) in [7, 11) is 0. The van der Waals surface area contributed by atoms with E-state index < -0.39 is 0 Å². The van der Waals surface area contributed by atoms with Gasteiger partial charge in [-0.2, -0.15) is 0 Å². The SMILES string of the molecule is O=C(NC(=Cc1ccco1)C(=O)N1CCC(NC(=O)C2CCCCC2)CC1)c1ccccc1. The Morgan fingerprint density at radius 1 is 0.909 bits per heavy atom. The number of hydrogen-bond donors (Lipinski definition) is 2. The zero-order valence-corrected chi connectivity index (χ0v) is 18.8. The number of hydrogen-bond acceptors (Lipinski definition) is 4. The van der Waals surface area contributed by atoms with Gasteiger partial charge in [-0.05, 0) is 49.9 Å². The molecule has 1 aliphatic heterocycles. The summed E-state index contributed by atoms with van der Waals surface area (Å²) in [5.74, 6) is 0.174. The van der Waals surface area contributed by atoms with Crippen molar-refractivity contribution in [1.82, 2.24) is 15.5 Å². The number of carbonyl (C=O) groups is 3. The first-order valence-electron chi connectivity index (χ1n) is 11.8. The molecule has 2 fully saturated rings. The Morgan fingerprint density at radius 2 is 1.64 bits per heavy atom. The monoisotopic (exact) mass is 449 g/mol. The van der Waals surface area contributed by atoms with Crippen molar-refractivity contribution in [3.63, 3.8) is 0 Å². The summed E-state index contributed by atoms with van der Waals surface area (Å²) >= 11 is 0. The maximum absolute atomic E-state index is 13.3. The van der Waals surface area contributed by atoms with E-state index in [4.69, 9.17) is 4.42 Å². The van der Waals surface area contributed by atoms with E-state index >= 15 is 0 Å². The molecule has 2 heterocycles. The van der Waals surface area contributed by atoms with Gasteiger partial charge in [0.2, 0.25) is 5.91 Å². The summed E-state index contributed by atoms with van der Waals surface area (Å²) in [6, 6.07) is 12.3. The summed E-state index contributed by atoms with van der Waals surface area (Å²) in [6.45, 7) is 1.04. The Labute approximate surface area is 194 Å². The summed E-state index contributed by atoms with van der Waals surface area (Å²) < 4.78 is 5.36. The molecule has 2 aliphatic rings. The minimum absolute atomic E-state index is 0.0832. The summed E-state index contributed by atoms with van der Waals surface area (Å²) in [6.07, 6.45) is 9.91. The molecule has 0 bridgehead atoms. The lowest BCUT2D eigenvalue weighted by atomic mass is 9.88. The number of furan rings is 1. The lowest BCUT2D eigenvalue weighted by Crippen LogP contribution is -2.49. The lowest BCUT2D eigenvalue weighted by Gasteiger charge is -2.34. The van der Waals surface area contributed by atoms with Crippen LogP contribution in [0.3, 0.4) is 0 Å². The van der Waals surface area contributed by atoms with Gasteiger partial charge < -0.3 is 20.0 Å². The lowest BCUT2D eigenvalue weighted by molar-refractivity contribution is -0.129. The van der Waals surface area contributed by atoms with Crippen LogP contribution in [0.25, 0.3) is 6.08 Å². The maximum Gasteiger partial charge on any atom is 0.270 e. The predicted molar refractivity (Wildman–Crippen MR) is 125 cm³/mol. The van der Waals surface area contributed by atoms with Crippen LogP contribution >= 0.6 is 0 Å². The van der Waals surface area contributed by atoms with Gasteiger partial charge in [0.15, 0.2) is 0 Å². The van der Waals surface area contributed by atoms with Gasteiger partial charge in [-0.3, -0.25) is 14.4 Å². The van der Waals surface area contributed by atoms with E-state index in [1.807, 2.05) is 6.07 Å². The highest BCUT2D eigenvalue weighted by Crippen LogP contribution is 2.24. The molecule has 1 aromatic carbocycles. The number of benzene rings is 1. The average molecular weight is 450 g/mol. The smallest absolute Gasteiger partial charge is 0.270 e. The Bertz CT molecular complexity index is 970. The molecule has 3 amide bonds. The minimum atomic E-state index is -0.351. The summed E-state index contributed by atoms with van der Waals surface area (Å²) in [4.78, 5) is 40.3. The third-order valence-corrected chi connectivity index (χ3v) is 6.45. The van der Waals surface area contributed by atoms with Crippen LogP contribution in [0.5, 0.6) is 0 Å². The third kappa shape index (κ3) is 6.12. The molecule has 1 aliphatic carbocycles. The van der Waals surface area contributed by atoms with Crippen molar-refractivity contribution in [3.05, 3.63) is 65.7 Å². The molecule has 2 aromatic rings. The second-order valence-corrected chi connectivity index (χ2v) is 8.80. The number of rotatable bonds is 6. The molecule has 174 valence electrons. The van der Waals surface area contributed by atoms with Crippen molar-refractivity contribution in [1.29, 1.82) is 0 Å². The topological polar surface area (TPSA) is 91.7 Å². The first kappa shape index (κ1) is 22.8. The molecule has 33 heavy (non-hydrogen) atoms. The number of amides is 3. The first-order chi connectivity index (χ1) is 16.1. The van der Waals surface area contributed by atoms with Gasteiger partial charge in [0.25, 0.3) is 11.8 Å². The number of nitrogens with zero attached hydrogens (tertiary/aromatic N) is 1. The number of piperidine rings is 1. The molecule has 7 nitrogen and oxygen atoms in total. The largest absolute Gasteiger partial charge is 0.465 e. The van der Waals surface area contributed by atoms with E-state index in [-0.39, 0.29) is 35.4 Å². The third-order valence-electron chi connectivity index (χ3n) is 6.45. The van der Waals surface area contributed by atoms with Crippen molar-refractivity contribution in [2.75, 3.05) is 13.1 Å². The van der Waals surface area contributed by atoms with Crippen molar-refractivity contribution in [3.8, 4) is 0 Å². The highest BCUT2D eigenvalue weighted by Gasteiger charge is 2.29. The van der Waals surface area contributed by atoms with Gasteiger partial charge in [0.1, 0.15) is 11.5 Å². The summed E-state index contributed by atoms with van der Waals surface area (Å²) in [5.41, 5.74) is 0.642. The zero-order chi connectivity index (χ0) is 23.0. The van der Waals surface area contributed by atoms with E-state index in [1.54, 1.807) is 47.4 Å². The highest BCUT2D eigenvalue weighted by molar-refractivity contribution is 6.05. The molecular weight excluding hydrogens is 418 g/mol. The molecule has 0 unspecified atom stereocenters. The van der Waals surface area contributed by atoms with Crippen molar-refractivity contribution < 1.29 is 18.8 Å². The molecule has 0 spiro atoms. The van der Waals surface area contributed by atoms with Gasteiger partial charge >= 0.3 is 0 Å². The fraction of sp³-hybridized carbons (Fsp3) is 0.423. The maximum atomic E-state index is 13.3. The summed E-state index contributed by atoms with van der Waals surface area (Å²) in [5, 5.41) is 5.95. The standard InChI is InChI=1S/C26H31N3O4/c30-24(19-8-3-1-4-9-19)27-21-13-15-29(16-14-21)26(32)23(18-22-12-7-17-33-22)28-25(31)20-10-5-2-6-11-20/h2,5-7,10-12,17-19,21H,1,3-4,8-9,13-16H2,(H,27,30)(H,28,31). The van der Waals surface area contributed by atoms with E-state index in [0.29, 0.717) is 37.3 Å². The van der Waals surface area contributed by atoms with Gasteiger partial charge in [-0.15, -0.1) is 0 Å². The number of carbonyl (C=O) groups excluding carboxylic acids is 3. The van der Waals surface area contributed by atoms with Gasteiger partial charge in [0, 0.05) is 36.7 Å². The zero-order valence-electron chi connectivity index (χ0n) is 18.8. The van der Waals surface area contributed by atoms with E-state index in [0.717, 1.165) is 25.7 Å². The molecule has 0 atom stereocenters. The van der Waals surface area contributed by atoms with Crippen LogP contribution in [0.1, 0.15) is 61.1 Å². The fourth-order valence-corrected chi connectivity index (χ4v) is 4.53. The normalized spacial score (nSPS) is 18.1.